The first-order valence-corrected chi connectivity index (χ1v) is 6.70. The molecule has 1 aromatic heterocycles. The zero-order chi connectivity index (χ0) is 13.1. The Morgan fingerprint density at radius 2 is 2.33 bits per heavy atom. The van der Waals surface area contributed by atoms with E-state index in [1.807, 2.05) is 7.05 Å². The lowest BCUT2D eigenvalue weighted by Crippen LogP contribution is -2.48. The summed E-state index contributed by atoms with van der Waals surface area (Å²) in [5.74, 6) is 0.764. The van der Waals surface area contributed by atoms with Gasteiger partial charge in [-0.05, 0) is 44.4 Å². The smallest absolute Gasteiger partial charge is 0.237 e. The summed E-state index contributed by atoms with van der Waals surface area (Å²) in [4.78, 5) is 12.1. The van der Waals surface area contributed by atoms with Crippen LogP contribution in [0.2, 0.25) is 0 Å². The summed E-state index contributed by atoms with van der Waals surface area (Å²) in [6.07, 6.45) is 2.11. The minimum absolute atomic E-state index is 0.0184. The Balaban J connectivity index is 1.86. The summed E-state index contributed by atoms with van der Waals surface area (Å²) >= 11 is 0. The van der Waals surface area contributed by atoms with Crippen molar-refractivity contribution >= 4 is 5.91 Å². The molecular formula is C14H23N3O. The molecule has 1 saturated heterocycles. The van der Waals surface area contributed by atoms with Crippen LogP contribution in [0.3, 0.4) is 0 Å². The van der Waals surface area contributed by atoms with E-state index in [1.54, 1.807) is 0 Å². The number of nitrogens with zero attached hydrogens (tertiary/aromatic N) is 1. The van der Waals surface area contributed by atoms with Gasteiger partial charge in [0.1, 0.15) is 0 Å². The lowest BCUT2D eigenvalue weighted by Gasteiger charge is -2.27. The molecule has 0 saturated carbocycles. The standard InChI is InChI=1S/C14H23N3O/c1-10-6-7-15-13(8-10)14(18)16-9-12-5-4-11(2)17(12)3/h4-5,10,13,15H,6-9H2,1-3H3,(H,16,18). The molecule has 0 radical (unpaired) electrons. The highest BCUT2D eigenvalue weighted by atomic mass is 16.2. The number of carbonyl (C=O) groups is 1. The molecule has 1 amide bonds. The van der Waals surface area contributed by atoms with Crippen LogP contribution in [0.1, 0.15) is 31.2 Å². The summed E-state index contributed by atoms with van der Waals surface area (Å²) in [7, 11) is 2.03. The van der Waals surface area contributed by atoms with Crippen LogP contribution in [0.15, 0.2) is 12.1 Å². The van der Waals surface area contributed by atoms with Gasteiger partial charge in [0.15, 0.2) is 0 Å². The molecule has 2 heterocycles. The Labute approximate surface area is 109 Å². The average Bonchev–Trinajstić information content (AvgIpc) is 2.67. The first-order chi connectivity index (χ1) is 8.58. The lowest BCUT2D eigenvalue weighted by atomic mass is 9.94. The van der Waals surface area contributed by atoms with E-state index in [9.17, 15) is 4.79 Å². The molecule has 1 aliphatic heterocycles. The lowest BCUT2D eigenvalue weighted by molar-refractivity contribution is -0.124. The number of nitrogens with one attached hydrogen (secondary N) is 2. The Morgan fingerprint density at radius 3 is 2.94 bits per heavy atom. The van der Waals surface area contributed by atoms with Crippen molar-refractivity contribution in [2.75, 3.05) is 6.54 Å². The van der Waals surface area contributed by atoms with Crippen LogP contribution in [0.25, 0.3) is 0 Å². The Bertz CT molecular complexity index is 425. The van der Waals surface area contributed by atoms with Crippen molar-refractivity contribution < 1.29 is 4.79 Å². The predicted molar refractivity (Wildman–Crippen MR) is 72.2 cm³/mol. The van der Waals surface area contributed by atoms with E-state index in [0.717, 1.165) is 18.7 Å². The molecule has 0 aliphatic carbocycles. The van der Waals surface area contributed by atoms with Crippen LogP contribution >= 0.6 is 0 Å². The number of aromatic nitrogens is 1. The summed E-state index contributed by atoms with van der Waals surface area (Å²) in [6, 6.07) is 4.12. The van der Waals surface area contributed by atoms with E-state index in [-0.39, 0.29) is 11.9 Å². The third kappa shape index (κ3) is 2.93. The van der Waals surface area contributed by atoms with E-state index in [1.165, 1.54) is 12.1 Å². The third-order valence-corrected chi connectivity index (χ3v) is 3.90. The second-order valence-corrected chi connectivity index (χ2v) is 5.38. The molecule has 0 bridgehead atoms. The number of aryl methyl sites for hydroxylation is 1. The van der Waals surface area contributed by atoms with Gasteiger partial charge in [-0.3, -0.25) is 4.79 Å². The maximum atomic E-state index is 12.1. The molecule has 18 heavy (non-hydrogen) atoms. The van der Waals surface area contributed by atoms with Gasteiger partial charge in [-0.25, -0.2) is 0 Å². The number of piperidine rings is 1. The number of hydrogen-bond acceptors (Lipinski definition) is 2. The van der Waals surface area contributed by atoms with Gasteiger partial charge in [0, 0.05) is 18.4 Å². The van der Waals surface area contributed by atoms with Gasteiger partial charge in [0.25, 0.3) is 0 Å². The van der Waals surface area contributed by atoms with Gasteiger partial charge in [-0.2, -0.15) is 0 Å². The topological polar surface area (TPSA) is 46.1 Å². The molecule has 4 nitrogen and oxygen atoms in total. The van der Waals surface area contributed by atoms with Crippen molar-refractivity contribution in [3.05, 3.63) is 23.5 Å². The molecule has 2 rings (SSSR count). The fourth-order valence-corrected chi connectivity index (χ4v) is 2.45. The summed E-state index contributed by atoms with van der Waals surface area (Å²) < 4.78 is 2.11. The molecule has 2 N–H and O–H groups in total. The molecular weight excluding hydrogens is 226 g/mol. The molecule has 4 heteroatoms. The van der Waals surface area contributed by atoms with Gasteiger partial charge in [0.2, 0.25) is 5.91 Å². The fraction of sp³-hybridized carbons (Fsp3) is 0.643. The summed E-state index contributed by atoms with van der Waals surface area (Å²) in [5.41, 5.74) is 2.35. The van der Waals surface area contributed by atoms with E-state index in [2.05, 4.69) is 41.2 Å². The van der Waals surface area contributed by atoms with Gasteiger partial charge in [-0.15, -0.1) is 0 Å². The van der Waals surface area contributed by atoms with Crippen LogP contribution in [-0.2, 0) is 18.4 Å². The zero-order valence-corrected chi connectivity index (χ0v) is 11.5. The molecule has 0 spiro atoms. The minimum Gasteiger partial charge on any atom is -0.350 e. The molecule has 2 unspecified atom stereocenters. The first kappa shape index (κ1) is 13.1. The van der Waals surface area contributed by atoms with Gasteiger partial charge < -0.3 is 15.2 Å². The van der Waals surface area contributed by atoms with Crippen molar-refractivity contribution in [3.8, 4) is 0 Å². The Hall–Kier alpha value is -1.29. The molecule has 0 aromatic carbocycles. The minimum atomic E-state index is -0.0184. The SMILES string of the molecule is Cc1ccc(CNC(=O)C2CC(C)CCN2)n1C. The largest absolute Gasteiger partial charge is 0.350 e. The number of carbonyl (C=O) groups excluding carboxylic acids is 1. The van der Waals surface area contributed by atoms with Gasteiger partial charge in [0.05, 0.1) is 12.6 Å². The van der Waals surface area contributed by atoms with E-state index >= 15 is 0 Å². The third-order valence-electron chi connectivity index (χ3n) is 3.90. The maximum Gasteiger partial charge on any atom is 0.237 e. The number of amides is 1. The van der Waals surface area contributed by atoms with Crippen LogP contribution in [-0.4, -0.2) is 23.1 Å². The molecule has 1 aliphatic rings. The Kier molecular flexibility index (Phi) is 4.07. The van der Waals surface area contributed by atoms with E-state index in [0.29, 0.717) is 12.5 Å². The fourth-order valence-electron chi connectivity index (χ4n) is 2.45. The second kappa shape index (κ2) is 5.57. The van der Waals surface area contributed by atoms with Crippen LogP contribution in [0, 0.1) is 12.8 Å². The van der Waals surface area contributed by atoms with E-state index in [4.69, 9.17) is 0 Å². The summed E-state index contributed by atoms with van der Waals surface area (Å²) in [6.45, 7) is 5.83. The van der Waals surface area contributed by atoms with Gasteiger partial charge >= 0.3 is 0 Å². The zero-order valence-electron chi connectivity index (χ0n) is 11.5. The van der Waals surface area contributed by atoms with Crippen molar-refractivity contribution in [3.63, 3.8) is 0 Å². The van der Waals surface area contributed by atoms with Crippen molar-refractivity contribution in [1.82, 2.24) is 15.2 Å². The molecule has 100 valence electrons. The highest BCUT2D eigenvalue weighted by Gasteiger charge is 2.24. The maximum absolute atomic E-state index is 12.1. The monoisotopic (exact) mass is 249 g/mol. The highest BCUT2D eigenvalue weighted by Crippen LogP contribution is 2.15. The molecule has 1 fully saturated rings. The second-order valence-electron chi connectivity index (χ2n) is 5.38. The number of hydrogen-bond donors (Lipinski definition) is 2. The first-order valence-electron chi connectivity index (χ1n) is 6.70. The molecule has 2 atom stereocenters. The van der Waals surface area contributed by atoms with Crippen LogP contribution in [0.5, 0.6) is 0 Å². The predicted octanol–water partition coefficient (Wildman–Crippen LogP) is 1.34. The highest BCUT2D eigenvalue weighted by molar-refractivity contribution is 5.81. The van der Waals surface area contributed by atoms with Gasteiger partial charge in [-0.1, -0.05) is 6.92 Å². The van der Waals surface area contributed by atoms with Crippen molar-refractivity contribution in [1.29, 1.82) is 0 Å². The average molecular weight is 249 g/mol. The van der Waals surface area contributed by atoms with E-state index < -0.39 is 0 Å². The normalized spacial score (nSPS) is 23.9. The molecule has 1 aromatic rings. The number of rotatable bonds is 3. The quantitative estimate of drug-likeness (QED) is 0.849. The van der Waals surface area contributed by atoms with Crippen molar-refractivity contribution in [2.45, 2.75) is 39.3 Å². The van der Waals surface area contributed by atoms with Crippen molar-refractivity contribution in [2.24, 2.45) is 13.0 Å². The Morgan fingerprint density at radius 1 is 1.56 bits per heavy atom. The van der Waals surface area contributed by atoms with Crippen LogP contribution < -0.4 is 10.6 Å². The summed E-state index contributed by atoms with van der Waals surface area (Å²) in [5, 5.41) is 6.31. The van der Waals surface area contributed by atoms with Crippen LogP contribution in [0.4, 0.5) is 0 Å².